The summed E-state index contributed by atoms with van der Waals surface area (Å²) in [6.07, 6.45) is 3.93. The quantitative estimate of drug-likeness (QED) is 0.845. The Morgan fingerprint density at radius 3 is 2.89 bits per heavy atom. The number of nitrogens with one attached hydrogen (secondary N) is 1. The fourth-order valence-electron chi connectivity index (χ4n) is 2.31. The second-order valence-corrected chi connectivity index (χ2v) is 6.00. The van der Waals surface area contributed by atoms with Gasteiger partial charge in [0.05, 0.1) is 17.4 Å². The van der Waals surface area contributed by atoms with E-state index in [1.54, 1.807) is 0 Å². The number of piperidine rings is 1. The highest BCUT2D eigenvalue weighted by Gasteiger charge is 2.26. The molecule has 0 atom stereocenters. The van der Waals surface area contributed by atoms with E-state index in [2.05, 4.69) is 49.0 Å². The highest BCUT2D eigenvalue weighted by atomic mass is 79.9. The number of fused-ring (bicyclic) bond motifs is 1. The zero-order valence-corrected chi connectivity index (χ0v) is 11.9. The maximum atomic E-state index is 6.15. The minimum absolute atomic E-state index is 0.0228. The molecule has 0 spiro atoms. The molecule has 96 valence electrons. The largest absolute Gasteiger partial charge is 0.370 e. The van der Waals surface area contributed by atoms with Crippen molar-refractivity contribution < 1.29 is 0 Å². The first-order chi connectivity index (χ1) is 8.55. The molecule has 0 radical (unpaired) electrons. The number of nitrogens with zero attached hydrogens (tertiary/aromatic N) is 3. The van der Waals surface area contributed by atoms with Gasteiger partial charge in [0.2, 0.25) is 0 Å². The van der Waals surface area contributed by atoms with Gasteiger partial charge in [0.15, 0.2) is 4.60 Å². The fraction of sp³-hybridized carbons (Fsp3) is 0.500. The highest BCUT2D eigenvalue weighted by Crippen LogP contribution is 2.27. The third-order valence-electron chi connectivity index (χ3n) is 3.61. The lowest BCUT2D eigenvalue weighted by atomic mass is 9.91. The van der Waals surface area contributed by atoms with Gasteiger partial charge < -0.3 is 10.6 Å². The maximum Gasteiger partial charge on any atom is 0.154 e. The van der Waals surface area contributed by atoms with E-state index in [1.807, 2.05) is 6.20 Å². The standard InChI is InChI=1S/C12H16BrN5/c1-12(14)2-4-18(5-3-12)8-6-9-10(15-7-8)11(13)17-16-9/h6-7H,2-5,14H2,1H3,(H,16,17). The second kappa shape index (κ2) is 4.20. The van der Waals surface area contributed by atoms with E-state index in [0.717, 1.165) is 47.3 Å². The van der Waals surface area contributed by atoms with Crippen molar-refractivity contribution in [3.8, 4) is 0 Å². The zero-order chi connectivity index (χ0) is 12.8. The zero-order valence-electron chi connectivity index (χ0n) is 10.3. The van der Waals surface area contributed by atoms with Gasteiger partial charge in [-0.2, -0.15) is 5.10 Å². The molecule has 0 bridgehead atoms. The summed E-state index contributed by atoms with van der Waals surface area (Å²) >= 11 is 3.37. The number of hydrogen-bond donors (Lipinski definition) is 2. The summed E-state index contributed by atoms with van der Waals surface area (Å²) in [5, 5.41) is 7.07. The number of aromatic amines is 1. The molecule has 2 aromatic rings. The van der Waals surface area contributed by atoms with Gasteiger partial charge in [-0.3, -0.25) is 5.10 Å². The molecule has 3 N–H and O–H groups in total. The molecule has 2 aromatic heterocycles. The van der Waals surface area contributed by atoms with Crippen LogP contribution < -0.4 is 10.6 Å². The number of aromatic nitrogens is 3. The van der Waals surface area contributed by atoms with Crippen LogP contribution in [0.1, 0.15) is 19.8 Å². The van der Waals surface area contributed by atoms with Crippen LogP contribution in [0.15, 0.2) is 16.9 Å². The molecule has 3 heterocycles. The Morgan fingerprint density at radius 2 is 2.17 bits per heavy atom. The minimum Gasteiger partial charge on any atom is -0.370 e. The predicted octanol–water partition coefficient (Wildman–Crippen LogP) is 2.04. The summed E-state index contributed by atoms with van der Waals surface area (Å²) < 4.78 is 0.761. The van der Waals surface area contributed by atoms with E-state index >= 15 is 0 Å². The van der Waals surface area contributed by atoms with Crippen LogP contribution >= 0.6 is 15.9 Å². The summed E-state index contributed by atoms with van der Waals surface area (Å²) in [5.41, 5.74) is 9.09. The maximum absolute atomic E-state index is 6.15. The van der Waals surface area contributed by atoms with Crippen LogP contribution in [0.5, 0.6) is 0 Å². The first-order valence-electron chi connectivity index (χ1n) is 6.09. The molecular weight excluding hydrogens is 294 g/mol. The molecule has 0 amide bonds. The van der Waals surface area contributed by atoms with Crippen LogP contribution in [-0.4, -0.2) is 33.8 Å². The summed E-state index contributed by atoms with van der Waals surface area (Å²) in [6.45, 7) is 4.09. The number of hydrogen-bond acceptors (Lipinski definition) is 4. The monoisotopic (exact) mass is 309 g/mol. The first kappa shape index (κ1) is 11.9. The van der Waals surface area contributed by atoms with Gasteiger partial charge in [-0.25, -0.2) is 4.98 Å². The van der Waals surface area contributed by atoms with Crippen molar-refractivity contribution >= 4 is 32.7 Å². The molecule has 1 fully saturated rings. The molecule has 6 heteroatoms. The highest BCUT2D eigenvalue weighted by molar-refractivity contribution is 9.10. The van der Waals surface area contributed by atoms with Gasteiger partial charge in [0.1, 0.15) is 5.52 Å². The minimum atomic E-state index is -0.0228. The molecule has 0 unspecified atom stereocenters. The van der Waals surface area contributed by atoms with Crippen LogP contribution in [0.4, 0.5) is 5.69 Å². The number of halogens is 1. The van der Waals surface area contributed by atoms with E-state index in [1.165, 1.54) is 0 Å². The van der Waals surface area contributed by atoms with Crippen LogP contribution in [0, 0.1) is 0 Å². The molecule has 18 heavy (non-hydrogen) atoms. The van der Waals surface area contributed by atoms with Crippen molar-refractivity contribution in [2.24, 2.45) is 5.73 Å². The van der Waals surface area contributed by atoms with Gasteiger partial charge in [0, 0.05) is 18.6 Å². The Hall–Kier alpha value is -1.14. The van der Waals surface area contributed by atoms with Crippen LogP contribution in [0.25, 0.3) is 11.0 Å². The number of pyridine rings is 1. The molecule has 1 saturated heterocycles. The summed E-state index contributed by atoms with van der Waals surface area (Å²) in [7, 11) is 0. The van der Waals surface area contributed by atoms with E-state index in [4.69, 9.17) is 5.73 Å². The lowest BCUT2D eigenvalue weighted by Gasteiger charge is -2.37. The molecule has 3 rings (SSSR count). The number of nitrogens with two attached hydrogens (primary N) is 1. The molecule has 0 aliphatic carbocycles. The smallest absolute Gasteiger partial charge is 0.154 e. The van der Waals surface area contributed by atoms with E-state index < -0.39 is 0 Å². The topological polar surface area (TPSA) is 70.8 Å². The van der Waals surface area contributed by atoms with Gasteiger partial charge in [-0.05, 0) is 41.8 Å². The molecular formula is C12H16BrN5. The summed E-state index contributed by atoms with van der Waals surface area (Å²) in [5.74, 6) is 0. The Morgan fingerprint density at radius 1 is 1.44 bits per heavy atom. The molecule has 0 saturated carbocycles. The molecule has 1 aliphatic heterocycles. The van der Waals surface area contributed by atoms with Crippen molar-refractivity contribution in [2.45, 2.75) is 25.3 Å². The number of anilines is 1. The predicted molar refractivity (Wildman–Crippen MR) is 75.6 cm³/mol. The Kier molecular flexibility index (Phi) is 2.79. The van der Waals surface area contributed by atoms with Crippen LogP contribution in [0.3, 0.4) is 0 Å². The van der Waals surface area contributed by atoms with Crippen LogP contribution in [0.2, 0.25) is 0 Å². The molecule has 1 aliphatic rings. The average Bonchev–Trinajstić information content (AvgIpc) is 2.71. The Labute approximate surface area is 114 Å². The molecule has 5 nitrogen and oxygen atoms in total. The van der Waals surface area contributed by atoms with E-state index in [9.17, 15) is 0 Å². The first-order valence-corrected chi connectivity index (χ1v) is 6.88. The summed E-state index contributed by atoms with van der Waals surface area (Å²) in [6, 6.07) is 2.10. The number of H-pyrrole nitrogens is 1. The van der Waals surface area contributed by atoms with Gasteiger partial charge in [0.25, 0.3) is 0 Å². The average molecular weight is 310 g/mol. The van der Waals surface area contributed by atoms with Gasteiger partial charge >= 0.3 is 0 Å². The summed E-state index contributed by atoms with van der Waals surface area (Å²) in [4.78, 5) is 6.77. The van der Waals surface area contributed by atoms with E-state index in [-0.39, 0.29) is 5.54 Å². The normalized spacial score (nSPS) is 19.4. The van der Waals surface area contributed by atoms with Crippen molar-refractivity contribution in [3.63, 3.8) is 0 Å². The lowest BCUT2D eigenvalue weighted by molar-refractivity contribution is 0.364. The Bertz CT molecular complexity index is 567. The van der Waals surface area contributed by atoms with Crippen molar-refractivity contribution in [1.82, 2.24) is 15.2 Å². The molecule has 0 aromatic carbocycles. The third-order valence-corrected chi connectivity index (χ3v) is 4.17. The van der Waals surface area contributed by atoms with Crippen molar-refractivity contribution in [1.29, 1.82) is 0 Å². The van der Waals surface area contributed by atoms with Crippen molar-refractivity contribution in [2.75, 3.05) is 18.0 Å². The van der Waals surface area contributed by atoms with Crippen LogP contribution in [-0.2, 0) is 0 Å². The lowest BCUT2D eigenvalue weighted by Crippen LogP contribution is -2.48. The number of rotatable bonds is 1. The van der Waals surface area contributed by atoms with Gasteiger partial charge in [-0.1, -0.05) is 0 Å². The van der Waals surface area contributed by atoms with E-state index in [0.29, 0.717) is 0 Å². The second-order valence-electron chi connectivity index (χ2n) is 5.25. The third kappa shape index (κ3) is 2.10. The Balaban J connectivity index is 1.87. The SMILES string of the molecule is CC1(N)CCN(c2cnc3c(Br)n[nH]c3c2)CC1. The van der Waals surface area contributed by atoms with Gasteiger partial charge in [-0.15, -0.1) is 0 Å². The fourth-order valence-corrected chi connectivity index (χ4v) is 2.72. The van der Waals surface area contributed by atoms with Crippen molar-refractivity contribution in [3.05, 3.63) is 16.9 Å².